The molecule has 0 spiro atoms. The first-order valence-corrected chi connectivity index (χ1v) is 10.7. The van der Waals surface area contributed by atoms with Crippen LogP contribution in [0, 0.1) is 5.92 Å². The van der Waals surface area contributed by atoms with Gasteiger partial charge in [-0.3, -0.25) is 14.8 Å². The Bertz CT molecular complexity index is 1160. The van der Waals surface area contributed by atoms with Crippen molar-refractivity contribution in [3.05, 3.63) is 41.9 Å². The summed E-state index contributed by atoms with van der Waals surface area (Å²) < 4.78 is 45.7. The molecule has 1 amide bonds. The molecule has 2 atom stereocenters. The van der Waals surface area contributed by atoms with Crippen molar-refractivity contribution >= 4 is 34.3 Å². The van der Waals surface area contributed by atoms with Gasteiger partial charge in [0.25, 0.3) is 5.91 Å². The molecule has 0 aromatic carbocycles. The van der Waals surface area contributed by atoms with Crippen molar-refractivity contribution in [3.63, 3.8) is 0 Å². The minimum absolute atomic E-state index is 0.0614. The van der Waals surface area contributed by atoms with Gasteiger partial charge in [0.2, 0.25) is 5.88 Å². The number of amides is 1. The van der Waals surface area contributed by atoms with Gasteiger partial charge in [0.05, 0.1) is 23.5 Å². The number of rotatable bonds is 5. The number of nitrogens with one attached hydrogen (secondary N) is 1. The molecule has 1 saturated heterocycles. The van der Waals surface area contributed by atoms with E-state index >= 15 is 0 Å². The zero-order valence-corrected chi connectivity index (χ0v) is 18.0. The number of nitrogen functional groups attached to an aromatic ring is 1. The molecule has 3 aromatic rings. The molecule has 5 N–H and O–H groups in total. The number of carbonyl (C=O) groups excluding carboxylic acids is 1. The number of hydrogen-bond donors (Lipinski definition) is 3. The number of halogens is 3. The highest BCUT2D eigenvalue weighted by atomic mass is 19.4. The molecule has 0 radical (unpaired) electrons. The van der Waals surface area contributed by atoms with E-state index in [1.807, 2.05) is 6.92 Å². The molecule has 176 valence electrons. The van der Waals surface area contributed by atoms with Crippen LogP contribution in [0.1, 0.15) is 35.7 Å². The summed E-state index contributed by atoms with van der Waals surface area (Å²) in [6, 6.07) is 2.69. The third-order valence-corrected chi connectivity index (χ3v) is 5.71. The SMILES string of the molecule is CCCc1cnc2c(C(=O)Nc3cnccc3N3CC(N)CC(C(F)(F)F)C3)c(N)oc2c1. The molecular formula is C22H25F3N6O2. The summed E-state index contributed by atoms with van der Waals surface area (Å²) in [6.45, 7) is 2.00. The lowest BCUT2D eigenvalue weighted by Gasteiger charge is -2.39. The van der Waals surface area contributed by atoms with Crippen molar-refractivity contribution in [2.45, 2.75) is 38.4 Å². The molecule has 33 heavy (non-hydrogen) atoms. The van der Waals surface area contributed by atoms with E-state index in [2.05, 4.69) is 15.3 Å². The molecule has 8 nitrogen and oxygen atoms in total. The van der Waals surface area contributed by atoms with Crippen LogP contribution >= 0.6 is 0 Å². The highest BCUT2D eigenvalue weighted by Gasteiger charge is 2.44. The first kappa shape index (κ1) is 22.8. The number of aryl methyl sites for hydroxylation is 1. The van der Waals surface area contributed by atoms with Gasteiger partial charge < -0.3 is 26.1 Å². The Morgan fingerprint density at radius 1 is 1.33 bits per heavy atom. The van der Waals surface area contributed by atoms with Crippen LogP contribution in [0.5, 0.6) is 0 Å². The second kappa shape index (κ2) is 8.89. The molecule has 1 aliphatic heterocycles. The van der Waals surface area contributed by atoms with Crippen molar-refractivity contribution in [2.75, 3.05) is 29.0 Å². The molecule has 0 saturated carbocycles. The van der Waals surface area contributed by atoms with E-state index < -0.39 is 24.0 Å². The van der Waals surface area contributed by atoms with Crippen molar-refractivity contribution in [1.29, 1.82) is 0 Å². The maximum atomic E-state index is 13.4. The number of piperidine rings is 1. The number of pyridine rings is 2. The average molecular weight is 462 g/mol. The topological polar surface area (TPSA) is 123 Å². The molecule has 1 aliphatic rings. The molecule has 4 heterocycles. The normalized spacial score (nSPS) is 19.1. The number of nitrogens with zero attached hydrogens (tertiary/aromatic N) is 3. The van der Waals surface area contributed by atoms with Crippen LogP contribution in [0.25, 0.3) is 11.1 Å². The highest BCUT2D eigenvalue weighted by Crippen LogP contribution is 2.37. The first-order chi connectivity index (χ1) is 15.7. The number of fused-ring (bicyclic) bond motifs is 1. The molecule has 3 aromatic heterocycles. The quantitative estimate of drug-likeness (QED) is 0.528. The highest BCUT2D eigenvalue weighted by molar-refractivity contribution is 6.15. The fourth-order valence-electron chi connectivity index (χ4n) is 4.20. The van der Waals surface area contributed by atoms with Crippen LogP contribution in [0.4, 0.5) is 30.4 Å². The van der Waals surface area contributed by atoms with Gasteiger partial charge in [-0.1, -0.05) is 13.3 Å². The molecule has 2 unspecified atom stereocenters. The molecule has 0 bridgehead atoms. The predicted octanol–water partition coefficient (Wildman–Crippen LogP) is 3.73. The predicted molar refractivity (Wildman–Crippen MR) is 119 cm³/mol. The summed E-state index contributed by atoms with van der Waals surface area (Å²) in [5, 5.41) is 2.71. The van der Waals surface area contributed by atoms with Crippen LogP contribution in [0.15, 0.2) is 35.1 Å². The van der Waals surface area contributed by atoms with Gasteiger partial charge in [0, 0.05) is 31.5 Å². The van der Waals surface area contributed by atoms with E-state index in [1.165, 1.54) is 17.3 Å². The Labute approximate surface area is 188 Å². The number of anilines is 3. The van der Waals surface area contributed by atoms with E-state index in [-0.39, 0.29) is 36.6 Å². The van der Waals surface area contributed by atoms with Crippen molar-refractivity contribution in [3.8, 4) is 0 Å². The van der Waals surface area contributed by atoms with E-state index in [4.69, 9.17) is 15.9 Å². The lowest BCUT2D eigenvalue weighted by molar-refractivity contribution is -0.177. The average Bonchev–Trinajstić information content (AvgIpc) is 3.08. The second-order valence-corrected chi connectivity index (χ2v) is 8.27. The Morgan fingerprint density at radius 3 is 2.85 bits per heavy atom. The van der Waals surface area contributed by atoms with Gasteiger partial charge >= 0.3 is 6.18 Å². The van der Waals surface area contributed by atoms with Gasteiger partial charge in [-0.2, -0.15) is 13.2 Å². The van der Waals surface area contributed by atoms with Crippen LogP contribution in [0.2, 0.25) is 0 Å². The number of furan rings is 1. The van der Waals surface area contributed by atoms with Crippen LogP contribution in [-0.2, 0) is 6.42 Å². The molecule has 1 fully saturated rings. The Morgan fingerprint density at radius 2 is 2.12 bits per heavy atom. The summed E-state index contributed by atoms with van der Waals surface area (Å²) in [7, 11) is 0. The van der Waals surface area contributed by atoms with Gasteiger partial charge in [-0.05, 0) is 30.5 Å². The summed E-state index contributed by atoms with van der Waals surface area (Å²) in [5.74, 6) is -2.25. The zero-order chi connectivity index (χ0) is 23.8. The third-order valence-electron chi connectivity index (χ3n) is 5.71. The molecule has 4 rings (SSSR count). The summed E-state index contributed by atoms with van der Waals surface area (Å²) in [6.07, 6.45) is 1.72. The molecule has 0 aliphatic carbocycles. The number of nitrogens with two attached hydrogens (primary N) is 2. The van der Waals surface area contributed by atoms with Crippen LogP contribution in [-0.4, -0.2) is 41.2 Å². The molecular weight excluding hydrogens is 437 g/mol. The Balaban J connectivity index is 1.62. The van der Waals surface area contributed by atoms with Crippen molar-refractivity contribution < 1.29 is 22.4 Å². The lowest BCUT2D eigenvalue weighted by atomic mass is 9.93. The van der Waals surface area contributed by atoms with Crippen LogP contribution < -0.4 is 21.7 Å². The number of hydrogen-bond acceptors (Lipinski definition) is 7. The number of carbonyl (C=O) groups is 1. The number of aromatic nitrogens is 2. The Kier molecular flexibility index (Phi) is 6.15. The van der Waals surface area contributed by atoms with E-state index in [0.29, 0.717) is 16.8 Å². The fraction of sp³-hybridized carbons (Fsp3) is 0.409. The monoisotopic (exact) mass is 462 g/mol. The zero-order valence-electron chi connectivity index (χ0n) is 18.0. The summed E-state index contributed by atoms with van der Waals surface area (Å²) in [5.41, 5.74) is 14.2. The second-order valence-electron chi connectivity index (χ2n) is 8.27. The fourth-order valence-corrected chi connectivity index (χ4v) is 4.20. The minimum atomic E-state index is -4.36. The maximum Gasteiger partial charge on any atom is 0.393 e. The van der Waals surface area contributed by atoms with Gasteiger partial charge in [0.15, 0.2) is 5.58 Å². The van der Waals surface area contributed by atoms with E-state index in [0.717, 1.165) is 18.4 Å². The lowest BCUT2D eigenvalue weighted by Crippen LogP contribution is -2.51. The van der Waals surface area contributed by atoms with E-state index in [1.54, 1.807) is 18.3 Å². The van der Waals surface area contributed by atoms with E-state index in [9.17, 15) is 18.0 Å². The summed E-state index contributed by atoms with van der Waals surface area (Å²) in [4.78, 5) is 23.0. The third kappa shape index (κ3) is 4.72. The molecule has 11 heteroatoms. The summed E-state index contributed by atoms with van der Waals surface area (Å²) >= 11 is 0. The van der Waals surface area contributed by atoms with Crippen molar-refractivity contribution in [2.24, 2.45) is 11.7 Å². The minimum Gasteiger partial charge on any atom is -0.438 e. The standard InChI is InChI=1S/C22H25F3N6O2/c1-2-3-12-6-17-19(29-8-12)18(20(27)33-17)21(32)30-15-9-28-5-4-16(15)31-10-13(22(23,24)25)7-14(26)11-31/h4-6,8-9,13-14H,2-3,7,10-11,26-27H2,1H3,(H,30,32). The Hall–Kier alpha value is -3.34. The number of alkyl halides is 3. The smallest absolute Gasteiger partial charge is 0.393 e. The van der Waals surface area contributed by atoms with Gasteiger partial charge in [-0.25, -0.2) is 0 Å². The largest absolute Gasteiger partial charge is 0.438 e. The van der Waals surface area contributed by atoms with Crippen LogP contribution in [0.3, 0.4) is 0 Å². The maximum absolute atomic E-state index is 13.4. The van der Waals surface area contributed by atoms with Gasteiger partial charge in [0.1, 0.15) is 11.1 Å². The first-order valence-electron chi connectivity index (χ1n) is 10.7. The van der Waals surface area contributed by atoms with Crippen molar-refractivity contribution in [1.82, 2.24) is 9.97 Å². The van der Waals surface area contributed by atoms with Gasteiger partial charge in [-0.15, -0.1) is 0 Å².